The van der Waals surface area contributed by atoms with Crippen LogP contribution < -0.4 is 15.0 Å². The lowest BCUT2D eigenvalue weighted by Gasteiger charge is -2.28. The van der Waals surface area contributed by atoms with Gasteiger partial charge in [0.15, 0.2) is 5.11 Å². The number of carbonyl (C=O) groups excluding carboxylic acids is 1. The lowest BCUT2D eigenvalue weighted by molar-refractivity contribution is 0.0600. The van der Waals surface area contributed by atoms with Crippen LogP contribution in [0.1, 0.15) is 45.1 Å². The third kappa shape index (κ3) is 4.44. The van der Waals surface area contributed by atoms with Gasteiger partial charge < -0.3 is 24.3 Å². The first-order chi connectivity index (χ1) is 17.9. The van der Waals surface area contributed by atoms with Crippen LogP contribution in [0.5, 0.6) is 5.75 Å². The number of anilines is 1. The fourth-order valence-electron chi connectivity index (χ4n) is 5.07. The van der Waals surface area contributed by atoms with E-state index < -0.39 is 0 Å². The van der Waals surface area contributed by atoms with Crippen molar-refractivity contribution in [3.05, 3.63) is 107 Å². The van der Waals surface area contributed by atoms with Crippen molar-refractivity contribution in [3.8, 4) is 11.4 Å². The van der Waals surface area contributed by atoms with Crippen molar-refractivity contribution in [1.29, 1.82) is 0 Å². The second-order valence-corrected chi connectivity index (χ2v) is 9.29. The number of rotatable bonds is 6. The number of aryl methyl sites for hydroxylation is 1. The molecule has 5 rings (SSSR count). The first-order valence-corrected chi connectivity index (χ1v) is 12.4. The third-order valence-corrected chi connectivity index (χ3v) is 7.08. The van der Waals surface area contributed by atoms with Gasteiger partial charge in [0, 0.05) is 29.0 Å². The van der Waals surface area contributed by atoms with Crippen molar-refractivity contribution in [3.63, 3.8) is 0 Å². The van der Waals surface area contributed by atoms with Crippen LogP contribution in [-0.2, 0) is 4.74 Å². The van der Waals surface area contributed by atoms with Gasteiger partial charge in [0.2, 0.25) is 0 Å². The maximum absolute atomic E-state index is 12.2. The minimum Gasteiger partial charge on any atom is -0.497 e. The summed E-state index contributed by atoms with van der Waals surface area (Å²) in [5.41, 5.74) is 6.46. The van der Waals surface area contributed by atoms with E-state index in [9.17, 15) is 4.79 Å². The number of aromatic nitrogens is 2. The van der Waals surface area contributed by atoms with Crippen molar-refractivity contribution in [2.75, 3.05) is 19.1 Å². The molecule has 0 amide bonds. The number of methoxy groups -OCH3 is 2. The van der Waals surface area contributed by atoms with E-state index in [0.717, 1.165) is 39.8 Å². The maximum atomic E-state index is 12.2. The maximum Gasteiger partial charge on any atom is 0.337 e. The minimum absolute atomic E-state index is 0.153. The molecular weight excluding hydrogens is 484 g/mol. The van der Waals surface area contributed by atoms with E-state index in [0.29, 0.717) is 10.7 Å². The van der Waals surface area contributed by atoms with Gasteiger partial charge in [-0.2, -0.15) is 0 Å². The molecule has 0 spiro atoms. The van der Waals surface area contributed by atoms with E-state index in [-0.39, 0.29) is 18.1 Å². The normalized spacial score (nSPS) is 17.0. The fraction of sp³-hybridized carbons (Fsp3) is 0.207. The van der Waals surface area contributed by atoms with E-state index in [1.807, 2.05) is 60.7 Å². The predicted molar refractivity (Wildman–Crippen MR) is 148 cm³/mol. The van der Waals surface area contributed by atoms with Crippen LogP contribution in [-0.4, -0.2) is 34.9 Å². The van der Waals surface area contributed by atoms with E-state index in [1.54, 1.807) is 19.4 Å². The molecule has 0 bridgehead atoms. The highest BCUT2D eigenvalue weighted by atomic mass is 32.1. The minimum atomic E-state index is -0.365. The predicted octanol–water partition coefficient (Wildman–Crippen LogP) is 5.46. The highest BCUT2D eigenvalue weighted by Gasteiger charge is 2.42. The molecule has 0 aliphatic carbocycles. The molecule has 0 radical (unpaired) electrons. The lowest BCUT2D eigenvalue weighted by atomic mass is 9.96. The Labute approximate surface area is 221 Å². The summed E-state index contributed by atoms with van der Waals surface area (Å²) in [5, 5.41) is 4.14. The van der Waals surface area contributed by atoms with Crippen LogP contribution >= 0.6 is 12.2 Å². The summed E-state index contributed by atoms with van der Waals surface area (Å²) < 4.78 is 12.5. The number of carbonyl (C=O) groups is 1. The van der Waals surface area contributed by atoms with Crippen LogP contribution in [0.15, 0.2) is 79.0 Å². The highest BCUT2D eigenvalue weighted by molar-refractivity contribution is 7.80. The number of hydrogen-bond acceptors (Lipinski definition) is 5. The SMILES string of the molecule is COC(=O)c1cccc(-n2c(C)cc([C@H]3[C@H](c4ccccn4)NC(=S)N3c3ccc(OC)cc3)c2C)c1. The Hall–Kier alpha value is -4.17. The largest absolute Gasteiger partial charge is 0.497 e. The zero-order valence-electron chi connectivity index (χ0n) is 21.1. The van der Waals surface area contributed by atoms with Crippen molar-refractivity contribution < 1.29 is 14.3 Å². The zero-order valence-corrected chi connectivity index (χ0v) is 22.0. The molecule has 1 aliphatic rings. The molecule has 2 atom stereocenters. The number of esters is 1. The second kappa shape index (κ2) is 10.1. The quantitative estimate of drug-likeness (QED) is 0.272. The topological polar surface area (TPSA) is 68.6 Å². The van der Waals surface area contributed by atoms with Crippen molar-refractivity contribution in [2.45, 2.75) is 25.9 Å². The van der Waals surface area contributed by atoms with Crippen LogP contribution in [0.3, 0.4) is 0 Å². The summed E-state index contributed by atoms with van der Waals surface area (Å²) in [6, 6.07) is 23.2. The van der Waals surface area contributed by atoms with E-state index in [4.69, 9.17) is 21.7 Å². The number of thiocarbonyl (C=S) groups is 1. The molecule has 0 unspecified atom stereocenters. The average molecular weight is 513 g/mol. The third-order valence-electron chi connectivity index (χ3n) is 6.76. The van der Waals surface area contributed by atoms with Gasteiger partial charge in [-0.25, -0.2) is 4.79 Å². The number of nitrogens with one attached hydrogen (secondary N) is 1. The number of nitrogens with zero attached hydrogens (tertiary/aromatic N) is 3. The number of benzene rings is 2. The Morgan fingerprint density at radius 2 is 1.76 bits per heavy atom. The molecule has 1 fully saturated rings. The van der Waals surface area contributed by atoms with E-state index in [2.05, 4.69) is 39.7 Å². The Morgan fingerprint density at radius 1 is 0.973 bits per heavy atom. The summed E-state index contributed by atoms with van der Waals surface area (Å²) in [5.74, 6) is 0.416. The van der Waals surface area contributed by atoms with Gasteiger partial charge in [-0.05, 0) is 92.3 Å². The molecule has 1 aliphatic heterocycles. The molecule has 37 heavy (non-hydrogen) atoms. The van der Waals surface area contributed by atoms with Crippen LogP contribution in [0.4, 0.5) is 5.69 Å². The van der Waals surface area contributed by atoms with Crippen molar-refractivity contribution in [2.24, 2.45) is 0 Å². The van der Waals surface area contributed by atoms with Crippen LogP contribution in [0.2, 0.25) is 0 Å². The van der Waals surface area contributed by atoms with Gasteiger partial charge in [-0.3, -0.25) is 4.98 Å². The molecule has 3 heterocycles. The van der Waals surface area contributed by atoms with E-state index in [1.165, 1.54) is 7.11 Å². The molecule has 1 saturated heterocycles. The Balaban J connectivity index is 1.65. The molecular formula is C29H28N4O3S. The monoisotopic (exact) mass is 512 g/mol. The average Bonchev–Trinajstić information content (AvgIpc) is 3.43. The smallest absolute Gasteiger partial charge is 0.337 e. The Morgan fingerprint density at radius 3 is 2.43 bits per heavy atom. The number of ether oxygens (including phenoxy) is 2. The summed E-state index contributed by atoms with van der Waals surface area (Å²) in [4.78, 5) is 19.0. The van der Waals surface area contributed by atoms with Gasteiger partial charge in [-0.15, -0.1) is 0 Å². The molecule has 188 valence electrons. The molecule has 8 heteroatoms. The van der Waals surface area contributed by atoms with Crippen LogP contribution in [0.25, 0.3) is 5.69 Å². The first kappa shape index (κ1) is 24.5. The second-order valence-electron chi connectivity index (χ2n) is 8.90. The molecule has 0 saturated carbocycles. The van der Waals surface area contributed by atoms with Gasteiger partial charge >= 0.3 is 5.97 Å². The molecule has 7 nitrogen and oxygen atoms in total. The Bertz CT molecular complexity index is 1450. The standard InChI is InChI=1S/C29H28N4O3S/c1-18-16-24(19(2)32(18)22-9-7-8-20(17-22)28(34)36-4)27-26(25-10-5-6-15-30-25)31-29(37)33(27)21-11-13-23(35-3)14-12-21/h5-17,26-27H,1-4H3,(H,31,37)/t26-,27-/m0/s1. The summed E-state index contributed by atoms with van der Waals surface area (Å²) in [6.45, 7) is 4.16. The van der Waals surface area contributed by atoms with Gasteiger partial charge in [0.05, 0.1) is 37.6 Å². The zero-order chi connectivity index (χ0) is 26.1. The summed E-state index contributed by atoms with van der Waals surface area (Å²) >= 11 is 5.87. The van der Waals surface area contributed by atoms with Gasteiger partial charge in [0.25, 0.3) is 0 Å². The number of hydrogen-bond donors (Lipinski definition) is 1. The van der Waals surface area contributed by atoms with Crippen molar-refractivity contribution in [1.82, 2.24) is 14.9 Å². The molecule has 2 aromatic carbocycles. The molecule has 4 aromatic rings. The van der Waals surface area contributed by atoms with Crippen LogP contribution in [0, 0.1) is 13.8 Å². The van der Waals surface area contributed by atoms with E-state index >= 15 is 0 Å². The Kier molecular flexibility index (Phi) is 6.67. The van der Waals surface area contributed by atoms with Gasteiger partial charge in [0.1, 0.15) is 5.75 Å². The lowest BCUT2D eigenvalue weighted by Crippen LogP contribution is -2.29. The summed E-state index contributed by atoms with van der Waals surface area (Å²) in [6.07, 6.45) is 1.80. The fourth-order valence-corrected chi connectivity index (χ4v) is 5.41. The highest BCUT2D eigenvalue weighted by Crippen LogP contribution is 2.44. The van der Waals surface area contributed by atoms with Gasteiger partial charge in [-0.1, -0.05) is 12.1 Å². The molecule has 1 N–H and O–H groups in total. The number of pyridine rings is 1. The van der Waals surface area contributed by atoms with Crippen molar-refractivity contribution >= 4 is 29.0 Å². The first-order valence-electron chi connectivity index (χ1n) is 11.9. The summed E-state index contributed by atoms with van der Waals surface area (Å²) in [7, 11) is 3.04. The molecule has 2 aromatic heterocycles.